The summed E-state index contributed by atoms with van der Waals surface area (Å²) in [7, 11) is -4.52. The van der Waals surface area contributed by atoms with Crippen LogP contribution in [-0.4, -0.2) is 73.4 Å². The van der Waals surface area contributed by atoms with Crippen LogP contribution in [-0.2, 0) is 10.0 Å². The van der Waals surface area contributed by atoms with Gasteiger partial charge in [-0.2, -0.15) is 0 Å². The summed E-state index contributed by atoms with van der Waals surface area (Å²) in [5.74, 6) is 0.697. The highest BCUT2D eigenvalue weighted by Crippen LogP contribution is 2.91. The standard InChI is InChI=1S/C47H59N7O6S/c1-5-46-29-47(46,30-46)39-25-45(3,4)16-14-34(39)28-52-18-20-53(21-19-52)35-10-12-38(42(23-35)60-36-22-33-15-17-48-43(33)50-27-36)44(55)51-61(58,59)37-11-13-40(41(24-37)54(56)57)49-26-32-8-6-31(2)7-9-32/h10-13,15,17,22-24,27,31-32,49H,5-9,14,16,18-21,25-26,28-30H2,1-4H3,(H,48,50)(H,51,55). The molecule has 9 rings (SSSR count). The minimum absolute atomic E-state index is 0.00270. The molecule has 0 spiro atoms. The lowest BCUT2D eigenvalue weighted by molar-refractivity contribution is -0.384. The van der Waals surface area contributed by atoms with Crippen LogP contribution in [0.4, 0.5) is 17.1 Å². The molecule has 61 heavy (non-hydrogen) atoms. The number of anilines is 2. The molecule has 1 aliphatic heterocycles. The third-order valence-electron chi connectivity index (χ3n) is 14.9. The monoisotopic (exact) mass is 849 g/mol. The first-order valence-electron chi connectivity index (χ1n) is 22.2. The Morgan fingerprint density at radius 2 is 1.80 bits per heavy atom. The molecule has 324 valence electrons. The number of hydrogen-bond acceptors (Lipinski definition) is 10. The number of nitrogens with zero attached hydrogens (tertiary/aromatic N) is 4. The van der Waals surface area contributed by atoms with E-state index in [1.54, 1.807) is 41.7 Å². The van der Waals surface area contributed by atoms with Gasteiger partial charge in [-0.3, -0.25) is 19.8 Å². The number of amides is 1. The first kappa shape index (κ1) is 41.4. The van der Waals surface area contributed by atoms with Gasteiger partial charge in [-0.1, -0.05) is 51.7 Å². The van der Waals surface area contributed by atoms with Gasteiger partial charge in [-0.15, -0.1) is 0 Å². The number of nitro benzene ring substituents is 1. The normalized spacial score (nSPS) is 26.1. The predicted octanol–water partition coefficient (Wildman–Crippen LogP) is 9.44. The van der Waals surface area contributed by atoms with Crippen molar-refractivity contribution in [3.63, 3.8) is 0 Å². The van der Waals surface area contributed by atoms with E-state index < -0.39 is 20.9 Å². The van der Waals surface area contributed by atoms with Crippen LogP contribution in [0.2, 0.25) is 0 Å². The van der Waals surface area contributed by atoms with E-state index in [0.717, 1.165) is 75.5 Å². The zero-order valence-corrected chi connectivity index (χ0v) is 36.7. The summed E-state index contributed by atoms with van der Waals surface area (Å²) in [4.78, 5) is 37.5. The van der Waals surface area contributed by atoms with Crippen LogP contribution in [0.1, 0.15) is 102 Å². The van der Waals surface area contributed by atoms with Crippen molar-refractivity contribution in [3.05, 3.63) is 87.7 Å². The number of nitro groups is 1. The number of pyridine rings is 1. The van der Waals surface area contributed by atoms with Gasteiger partial charge in [0.25, 0.3) is 21.6 Å². The number of aromatic amines is 1. The Hall–Kier alpha value is -4.95. The number of carbonyl (C=O) groups is 1. The van der Waals surface area contributed by atoms with E-state index in [9.17, 15) is 23.3 Å². The Labute approximate surface area is 358 Å². The molecular formula is C47H59N7O6S. The quantitative estimate of drug-likeness (QED) is 0.0633. The largest absolute Gasteiger partial charge is 0.455 e. The van der Waals surface area contributed by atoms with Gasteiger partial charge in [0.1, 0.15) is 22.8 Å². The molecule has 5 aliphatic rings. The van der Waals surface area contributed by atoms with Crippen LogP contribution in [0, 0.1) is 38.2 Å². The maximum Gasteiger partial charge on any atom is 0.293 e. The number of ether oxygens (including phenoxy) is 1. The van der Waals surface area contributed by atoms with Crippen LogP contribution in [0.25, 0.3) is 11.0 Å². The molecule has 1 amide bonds. The van der Waals surface area contributed by atoms with Crippen LogP contribution in [0.5, 0.6) is 11.5 Å². The van der Waals surface area contributed by atoms with Crippen molar-refractivity contribution in [1.82, 2.24) is 19.6 Å². The number of nitrogens with one attached hydrogen (secondary N) is 3. The molecule has 2 aromatic carbocycles. The van der Waals surface area contributed by atoms with Crippen molar-refractivity contribution in [3.8, 4) is 11.5 Å². The van der Waals surface area contributed by atoms with E-state index in [1.807, 2.05) is 12.1 Å². The average Bonchev–Trinajstić information content (AvgIpc) is 4.00. The topological polar surface area (TPSA) is 163 Å². The molecule has 4 aromatic rings. The van der Waals surface area contributed by atoms with Crippen molar-refractivity contribution in [2.45, 2.75) is 96.8 Å². The van der Waals surface area contributed by atoms with E-state index in [1.165, 1.54) is 50.7 Å². The highest BCUT2D eigenvalue weighted by atomic mass is 32.2. The predicted molar refractivity (Wildman–Crippen MR) is 238 cm³/mol. The Morgan fingerprint density at radius 1 is 1.03 bits per heavy atom. The number of hydrogen-bond donors (Lipinski definition) is 3. The third-order valence-corrected chi connectivity index (χ3v) is 16.2. The molecule has 0 bridgehead atoms. The second-order valence-corrected chi connectivity index (χ2v) is 21.2. The molecule has 2 aromatic heterocycles. The Bertz CT molecular complexity index is 2490. The van der Waals surface area contributed by atoms with E-state index in [0.29, 0.717) is 46.0 Å². The highest BCUT2D eigenvalue weighted by Gasteiger charge is 2.82. The number of allylic oxidation sites excluding steroid dienone is 1. The lowest BCUT2D eigenvalue weighted by Crippen LogP contribution is -2.47. The smallest absolute Gasteiger partial charge is 0.293 e. The lowest BCUT2D eigenvalue weighted by Gasteiger charge is -2.40. The number of carbonyl (C=O) groups excluding carboxylic acids is 1. The summed E-state index contributed by atoms with van der Waals surface area (Å²) in [6, 6.07) is 12.5. The highest BCUT2D eigenvalue weighted by molar-refractivity contribution is 7.90. The van der Waals surface area contributed by atoms with Crippen molar-refractivity contribution in [1.29, 1.82) is 0 Å². The summed E-state index contributed by atoms with van der Waals surface area (Å²) in [5, 5.41) is 16.1. The number of rotatable bonds is 14. The van der Waals surface area contributed by atoms with Crippen LogP contribution in [0.15, 0.2) is 77.0 Å². The molecule has 14 heteroatoms. The average molecular weight is 850 g/mol. The third kappa shape index (κ3) is 8.25. The first-order valence-corrected chi connectivity index (χ1v) is 23.7. The number of aromatic nitrogens is 2. The fourth-order valence-electron chi connectivity index (χ4n) is 10.7. The Balaban J connectivity index is 0.918. The van der Waals surface area contributed by atoms with Crippen LogP contribution >= 0.6 is 0 Å². The molecule has 4 aliphatic carbocycles. The van der Waals surface area contributed by atoms with Crippen molar-refractivity contribution >= 4 is 44.0 Å². The fourth-order valence-corrected chi connectivity index (χ4v) is 11.7. The van der Waals surface area contributed by atoms with Gasteiger partial charge in [0.15, 0.2) is 0 Å². The number of piperazine rings is 1. The van der Waals surface area contributed by atoms with Gasteiger partial charge >= 0.3 is 0 Å². The molecule has 13 nitrogen and oxygen atoms in total. The molecule has 0 radical (unpaired) electrons. The first-order chi connectivity index (χ1) is 29.2. The van der Waals surface area contributed by atoms with E-state index in [2.05, 4.69) is 57.5 Å². The van der Waals surface area contributed by atoms with E-state index in [-0.39, 0.29) is 27.6 Å². The molecule has 3 N–H and O–H groups in total. The molecule has 0 unspecified atom stereocenters. The summed E-state index contributed by atoms with van der Waals surface area (Å²) < 4.78 is 35.9. The van der Waals surface area contributed by atoms with E-state index >= 15 is 0 Å². The second-order valence-electron chi connectivity index (χ2n) is 19.5. The minimum atomic E-state index is -4.52. The van der Waals surface area contributed by atoms with Crippen molar-refractivity contribution in [2.24, 2.45) is 28.1 Å². The van der Waals surface area contributed by atoms with Crippen LogP contribution < -0.4 is 19.7 Å². The zero-order chi connectivity index (χ0) is 42.7. The SMILES string of the molecule is CCC12CC1(C1=C(CN3CCN(c4ccc(C(=O)NS(=O)(=O)c5ccc(NCC6CCC(C)CC6)c([N+](=O)[O-])c5)c(Oc5cnc6[nH]ccc6c5)c4)CC3)CCC(C)(C)C1)C2. The summed E-state index contributed by atoms with van der Waals surface area (Å²) >= 11 is 0. The molecular weight excluding hydrogens is 791 g/mol. The van der Waals surface area contributed by atoms with Gasteiger partial charge < -0.3 is 19.9 Å². The maximum atomic E-state index is 13.9. The minimum Gasteiger partial charge on any atom is -0.455 e. The molecule has 0 atom stereocenters. The van der Waals surface area contributed by atoms with E-state index in [4.69, 9.17) is 4.74 Å². The summed E-state index contributed by atoms with van der Waals surface area (Å²) in [6.07, 6.45) is 15.4. The van der Waals surface area contributed by atoms with Crippen LogP contribution in [0.3, 0.4) is 0 Å². The van der Waals surface area contributed by atoms with Crippen molar-refractivity contribution in [2.75, 3.05) is 49.5 Å². The molecule has 3 saturated carbocycles. The number of sulfonamides is 1. The van der Waals surface area contributed by atoms with Gasteiger partial charge in [0.05, 0.1) is 21.6 Å². The number of H-pyrrole nitrogens is 1. The summed E-state index contributed by atoms with van der Waals surface area (Å²) in [6.45, 7) is 14.4. The van der Waals surface area contributed by atoms with Gasteiger partial charge in [0, 0.05) is 68.7 Å². The second kappa shape index (κ2) is 15.7. The fraction of sp³-hybridized carbons (Fsp3) is 0.532. The molecule has 3 heterocycles. The number of fused-ring (bicyclic) bond motifs is 2. The lowest BCUT2D eigenvalue weighted by atomic mass is 9.71. The number of benzene rings is 2. The Morgan fingerprint density at radius 3 is 2.52 bits per heavy atom. The van der Waals surface area contributed by atoms with Gasteiger partial charge in [0.2, 0.25) is 0 Å². The van der Waals surface area contributed by atoms with Gasteiger partial charge in [-0.25, -0.2) is 18.1 Å². The summed E-state index contributed by atoms with van der Waals surface area (Å²) in [5.41, 5.74) is 6.32. The van der Waals surface area contributed by atoms with Crippen molar-refractivity contribution < 1.29 is 22.9 Å². The Kier molecular flexibility index (Phi) is 10.7. The molecule has 4 fully saturated rings. The molecule has 1 saturated heterocycles. The zero-order valence-electron chi connectivity index (χ0n) is 35.9. The van der Waals surface area contributed by atoms with Gasteiger partial charge in [-0.05, 0) is 116 Å². The maximum absolute atomic E-state index is 13.9.